The minimum Gasteiger partial charge on any atom is -0.494 e. The fourth-order valence-electron chi connectivity index (χ4n) is 8.23. The van der Waals surface area contributed by atoms with Crippen molar-refractivity contribution >= 4 is 33.9 Å². The highest BCUT2D eigenvalue weighted by molar-refractivity contribution is 6.00. The van der Waals surface area contributed by atoms with Crippen LogP contribution in [-0.4, -0.2) is 79.5 Å². The van der Waals surface area contributed by atoms with Gasteiger partial charge in [-0.3, -0.25) is 9.59 Å². The first-order valence-corrected chi connectivity index (χ1v) is 17.0. The van der Waals surface area contributed by atoms with Crippen molar-refractivity contribution in [1.82, 2.24) is 28.9 Å². The number of piperidine rings is 1. The summed E-state index contributed by atoms with van der Waals surface area (Å²) in [5.41, 5.74) is 10.9. The smallest absolute Gasteiger partial charge is 0.254 e. The number of benzene rings is 2. The van der Waals surface area contributed by atoms with Crippen LogP contribution in [0.4, 0.5) is 4.39 Å². The Morgan fingerprint density at radius 2 is 1.71 bits per heavy atom. The molecule has 2 bridgehead atoms. The van der Waals surface area contributed by atoms with Gasteiger partial charge in [0.1, 0.15) is 22.7 Å². The number of carbonyl (C=O) groups excluding carboxylic acids is 2. The van der Waals surface area contributed by atoms with E-state index >= 15 is 0 Å². The van der Waals surface area contributed by atoms with Crippen molar-refractivity contribution in [2.75, 3.05) is 26.7 Å². The molecule has 2 aliphatic carbocycles. The number of pyridine rings is 1. The van der Waals surface area contributed by atoms with Gasteiger partial charge in [-0.05, 0) is 92.1 Å². The Morgan fingerprint density at radius 3 is 2.42 bits per heavy atom. The van der Waals surface area contributed by atoms with Gasteiger partial charge in [-0.1, -0.05) is 0 Å². The van der Waals surface area contributed by atoms with Gasteiger partial charge >= 0.3 is 0 Å². The summed E-state index contributed by atoms with van der Waals surface area (Å²) in [6, 6.07) is 15.7. The van der Waals surface area contributed by atoms with E-state index in [4.69, 9.17) is 20.4 Å². The van der Waals surface area contributed by atoms with Crippen LogP contribution in [0.25, 0.3) is 33.6 Å². The van der Waals surface area contributed by atoms with Crippen molar-refractivity contribution in [2.45, 2.75) is 50.9 Å². The number of ether oxygens (including phenoxy) is 1. The Balaban J connectivity index is 1.11. The van der Waals surface area contributed by atoms with E-state index in [1.54, 1.807) is 12.0 Å². The van der Waals surface area contributed by atoms with Crippen molar-refractivity contribution in [1.29, 1.82) is 0 Å². The molecule has 11 heteroatoms. The number of amides is 2. The highest BCUT2D eigenvalue weighted by Gasteiger charge is 2.47. The van der Waals surface area contributed by atoms with E-state index in [-0.39, 0.29) is 35.6 Å². The maximum absolute atomic E-state index is 13.9. The van der Waals surface area contributed by atoms with Crippen LogP contribution in [0.5, 0.6) is 5.75 Å². The van der Waals surface area contributed by atoms with E-state index in [0.717, 1.165) is 47.5 Å². The van der Waals surface area contributed by atoms with Gasteiger partial charge in [0.05, 0.1) is 18.3 Å². The molecule has 10 nitrogen and oxygen atoms in total. The first-order chi connectivity index (χ1) is 23.4. The van der Waals surface area contributed by atoms with Gasteiger partial charge in [-0.2, -0.15) is 0 Å². The molecule has 4 aliphatic rings. The second-order valence-corrected chi connectivity index (χ2v) is 14.1. The molecule has 2 aliphatic heterocycles. The van der Waals surface area contributed by atoms with Gasteiger partial charge in [0.2, 0.25) is 0 Å². The third kappa shape index (κ3) is 4.77. The second kappa shape index (κ2) is 11.2. The minimum atomic E-state index is -0.364. The van der Waals surface area contributed by atoms with Gasteiger partial charge < -0.3 is 29.4 Å². The quantitative estimate of drug-likeness (QED) is 0.255. The SMILES string of the molecule is COc1cc(C(=O)N2CC3CCC2[C@@H]3N)cc2nc(-c3cc4cccnc4n3CC3CC3)n(CC3CN(C(=O)c4ccc(F)cc4)C3)c12. The predicted octanol–water partition coefficient (Wildman–Crippen LogP) is 4.94. The van der Waals surface area contributed by atoms with Crippen molar-refractivity contribution in [3.63, 3.8) is 0 Å². The predicted molar refractivity (Wildman–Crippen MR) is 179 cm³/mol. The van der Waals surface area contributed by atoms with Crippen LogP contribution in [0.2, 0.25) is 0 Å². The summed E-state index contributed by atoms with van der Waals surface area (Å²) in [4.78, 5) is 40.8. The van der Waals surface area contributed by atoms with E-state index < -0.39 is 0 Å². The molecule has 48 heavy (non-hydrogen) atoms. The standard InChI is InChI=1S/C37H38FN7O3/c1-48-31-15-26(37(47)44-20-25-8-11-29(44)32(25)39)13-28-33(31)45(19-22-16-42(17-22)36(46)23-6-9-27(38)10-7-23)35(41-28)30-14-24-3-2-12-40-34(24)43(30)18-21-4-5-21/h2-3,6-7,9-10,12-15,21-22,25,29,32H,4-5,8,11,16-20,39H2,1H3/t25?,29?,32-/m1/s1. The summed E-state index contributed by atoms with van der Waals surface area (Å²) in [5, 5.41) is 1.05. The molecule has 5 aromatic rings. The van der Waals surface area contributed by atoms with Crippen LogP contribution in [0.3, 0.4) is 0 Å². The van der Waals surface area contributed by atoms with E-state index in [0.29, 0.717) is 60.4 Å². The van der Waals surface area contributed by atoms with Crippen molar-refractivity contribution in [3.05, 3.63) is 77.7 Å². The Kier molecular flexibility index (Phi) is 6.83. The van der Waals surface area contributed by atoms with Gasteiger partial charge in [0.15, 0.2) is 5.82 Å². The third-order valence-electron chi connectivity index (χ3n) is 11.0. The lowest BCUT2D eigenvalue weighted by Gasteiger charge is -2.39. The molecule has 2 N–H and O–H groups in total. The van der Waals surface area contributed by atoms with Gasteiger partial charge in [-0.25, -0.2) is 14.4 Å². The molecule has 246 valence electrons. The molecule has 3 atom stereocenters. The molecule has 9 rings (SSSR count). The first-order valence-electron chi connectivity index (χ1n) is 17.0. The van der Waals surface area contributed by atoms with Gasteiger partial charge in [0, 0.05) is 73.4 Å². The largest absolute Gasteiger partial charge is 0.494 e. The maximum atomic E-state index is 13.9. The highest BCUT2D eigenvalue weighted by Crippen LogP contribution is 2.41. The summed E-state index contributed by atoms with van der Waals surface area (Å²) in [6.45, 7) is 3.29. The summed E-state index contributed by atoms with van der Waals surface area (Å²) in [7, 11) is 1.63. The normalized spacial score (nSPS) is 22.2. The zero-order valence-corrected chi connectivity index (χ0v) is 26.9. The van der Waals surface area contributed by atoms with Crippen molar-refractivity contribution in [3.8, 4) is 17.3 Å². The Labute approximate surface area is 277 Å². The molecule has 4 fully saturated rings. The maximum Gasteiger partial charge on any atom is 0.254 e. The molecule has 2 saturated carbocycles. The lowest BCUT2D eigenvalue weighted by Crippen LogP contribution is -2.51. The number of nitrogens with zero attached hydrogens (tertiary/aromatic N) is 6. The lowest BCUT2D eigenvalue weighted by molar-refractivity contribution is 0.0471. The summed E-state index contributed by atoms with van der Waals surface area (Å²) in [5.74, 6) is 2.01. The topological polar surface area (TPSA) is 112 Å². The van der Waals surface area contributed by atoms with Crippen molar-refractivity contribution < 1.29 is 18.7 Å². The van der Waals surface area contributed by atoms with E-state index in [1.165, 1.54) is 37.1 Å². The Hall–Kier alpha value is -4.77. The van der Waals surface area contributed by atoms with Crippen LogP contribution in [0.1, 0.15) is 46.4 Å². The molecule has 5 heterocycles. The number of likely N-dealkylation sites (tertiary alicyclic amines) is 2. The molecule has 0 radical (unpaired) electrons. The molecule has 2 amide bonds. The van der Waals surface area contributed by atoms with Crippen molar-refractivity contribution in [2.24, 2.45) is 23.5 Å². The van der Waals surface area contributed by atoms with E-state index in [9.17, 15) is 14.0 Å². The number of aromatic nitrogens is 4. The van der Waals surface area contributed by atoms with Crippen LogP contribution in [0.15, 0.2) is 60.8 Å². The minimum absolute atomic E-state index is 0.0318. The number of halogens is 1. The number of hydrogen-bond donors (Lipinski definition) is 1. The number of hydrogen-bond acceptors (Lipinski definition) is 6. The number of methoxy groups -OCH3 is 1. The monoisotopic (exact) mass is 647 g/mol. The summed E-state index contributed by atoms with van der Waals surface area (Å²) >= 11 is 0. The first kappa shape index (κ1) is 29.4. The van der Waals surface area contributed by atoms with Gasteiger partial charge in [-0.15, -0.1) is 0 Å². The molecular weight excluding hydrogens is 609 g/mol. The second-order valence-electron chi connectivity index (χ2n) is 14.1. The van der Waals surface area contributed by atoms with Crippen LogP contribution >= 0.6 is 0 Å². The van der Waals surface area contributed by atoms with Crippen LogP contribution in [0, 0.1) is 23.6 Å². The molecule has 2 unspecified atom stereocenters. The highest BCUT2D eigenvalue weighted by atomic mass is 19.1. The summed E-state index contributed by atoms with van der Waals surface area (Å²) < 4.78 is 24.0. The number of nitrogens with two attached hydrogens (primary N) is 1. The average Bonchev–Trinajstić information content (AvgIpc) is 3.44. The van der Waals surface area contributed by atoms with E-state index in [2.05, 4.69) is 21.3 Å². The molecule has 3 aromatic heterocycles. The Morgan fingerprint density at radius 1 is 0.917 bits per heavy atom. The molecular formula is C37H38FN7O3. The number of carbonyl (C=O) groups is 2. The molecule has 0 spiro atoms. The fourth-order valence-corrected chi connectivity index (χ4v) is 8.23. The molecule has 2 saturated heterocycles. The van der Waals surface area contributed by atoms with Crippen LogP contribution < -0.4 is 10.5 Å². The molecule has 2 aromatic carbocycles. The fraction of sp³-hybridized carbons (Fsp3) is 0.405. The average molecular weight is 648 g/mol. The number of fused-ring (bicyclic) bond motifs is 4. The number of imidazole rings is 1. The van der Waals surface area contributed by atoms with Crippen LogP contribution in [-0.2, 0) is 13.1 Å². The zero-order valence-electron chi connectivity index (χ0n) is 26.9. The zero-order chi connectivity index (χ0) is 32.7. The summed E-state index contributed by atoms with van der Waals surface area (Å²) in [6.07, 6.45) is 6.24. The lowest BCUT2D eigenvalue weighted by atomic mass is 9.98. The van der Waals surface area contributed by atoms with Gasteiger partial charge in [0.25, 0.3) is 11.8 Å². The third-order valence-corrected chi connectivity index (χ3v) is 11.0. The van der Waals surface area contributed by atoms with E-state index in [1.807, 2.05) is 29.3 Å². The Bertz CT molecular complexity index is 2080. The number of rotatable bonds is 8.